The number of nitrogens with zero attached hydrogens (tertiary/aromatic N) is 1. The van der Waals surface area contributed by atoms with Crippen LogP contribution in [-0.2, 0) is 12.8 Å². The molecule has 1 aliphatic carbocycles. The van der Waals surface area contributed by atoms with E-state index in [1.807, 2.05) is 0 Å². The maximum Gasteiger partial charge on any atom is 0.0294 e. The van der Waals surface area contributed by atoms with Crippen molar-refractivity contribution < 1.29 is 0 Å². The highest BCUT2D eigenvalue weighted by Gasteiger charge is 2.25. The smallest absolute Gasteiger partial charge is 0.0294 e. The number of likely N-dealkylation sites (tertiary alicyclic amines) is 1. The molecule has 116 valence electrons. The van der Waals surface area contributed by atoms with Gasteiger partial charge >= 0.3 is 0 Å². The standard InChI is InChI=1S/C19H30N2/c1-14-13-21(3)11-10-19(14)20-15(2)17-9-8-16-6-4-5-7-18(16)12-17/h8-9,12,14-15,19-20H,4-7,10-11,13H2,1-3H3. The van der Waals surface area contributed by atoms with Crippen molar-refractivity contribution >= 4 is 0 Å². The summed E-state index contributed by atoms with van der Waals surface area (Å²) in [5.41, 5.74) is 4.66. The van der Waals surface area contributed by atoms with Crippen LogP contribution in [-0.4, -0.2) is 31.1 Å². The van der Waals surface area contributed by atoms with E-state index in [0.29, 0.717) is 12.1 Å². The Morgan fingerprint density at radius 3 is 2.71 bits per heavy atom. The summed E-state index contributed by atoms with van der Waals surface area (Å²) >= 11 is 0. The van der Waals surface area contributed by atoms with Gasteiger partial charge in [-0.25, -0.2) is 0 Å². The predicted molar refractivity (Wildman–Crippen MR) is 89.7 cm³/mol. The summed E-state index contributed by atoms with van der Waals surface area (Å²) in [5, 5.41) is 3.89. The van der Waals surface area contributed by atoms with E-state index in [1.54, 1.807) is 11.1 Å². The van der Waals surface area contributed by atoms with Crippen molar-refractivity contribution in [1.82, 2.24) is 10.2 Å². The first kappa shape index (κ1) is 15.1. The van der Waals surface area contributed by atoms with Crippen molar-refractivity contribution in [2.45, 2.75) is 58.0 Å². The molecule has 2 nitrogen and oxygen atoms in total. The molecule has 1 aromatic carbocycles. The molecule has 1 heterocycles. The van der Waals surface area contributed by atoms with Gasteiger partial charge in [0.05, 0.1) is 0 Å². The van der Waals surface area contributed by atoms with Crippen LogP contribution in [0.3, 0.4) is 0 Å². The van der Waals surface area contributed by atoms with Gasteiger partial charge in [0.25, 0.3) is 0 Å². The van der Waals surface area contributed by atoms with Crippen LogP contribution in [0.4, 0.5) is 0 Å². The van der Waals surface area contributed by atoms with E-state index in [1.165, 1.54) is 50.8 Å². The zero-order valence-corrected chi connectivity index (χ0v) is 13.9. The molecule has 3 unspecified atom stereocenters. The Balaban J connectivity index is 1.66. The molecular formula is C19H30N2. The van der Waals surface area contributed by atoms with E-state index in [0.717, 1.165) is 5.92 Å². The highest BCUT2D eigenvalue weighted by Crippen LogP contribution is 2.26. The van der Waals surface area contributed by atoms with Gasteiger partial charge in [0, 0.05) is 18.6 Å². The first-order valence-corrected chi connectivity index (χ1v) is 8.70. The Bertz CT molecular complexity index is 482. The van der Waals surface area contributed by atoms with Crippen molar-refractivity contribution in [3.05, 3.63) is 34.9 Å². The Morgan fingerprint density at radius 2 is 1.95 bits per heavy atom. The maximum absolute atomic E-state index is 3.89. The van der Waals surface area contributed by atoms with Crippen molar-refractivity contribution in [1.29, 1.82) is 0 Å². The minimum atomic E-state index is 0.466. The van der Waals surface area contributed by atoms with Crippen LogP contribution >= 0.6 is 0 Å². The van der Waals surface area contributed by atoms with Crippen molar-refractivity contribution in [2.75, 3.05) is 20.1 Å². The van der Waals surface area contributed by atoms with E-state index in [-0.39, 0.29) is 0 Å². The molecule has 0 saturated carbocycles. The third kappa shape index (κ3) is 3.49. The predicted octanol–water partition coefficient (Wildman–Crippen LogP) is 3.56. The van der Waals surface area contributed by atoms with Crippen LogP contribution in [0.25, 0.3) is 0 Å². The summed E-state index contributed by atoms with van der Waals surface area (Å²) in [6, 6.07) is 8.31. The largest absolute Gasteiger partial charge is 0.307 e. The van der Waals surface area contributed by atoms with Crippen molar-refractivity contribution in [3.63, 3.8) is 0 Å². The molecule has 0 bridgehead atoms. The highest BCUT2D eigenvalue weighted by molar-refractivity contribution is 5.35. The number of benzene rings is 1. The van der Waals surface area contributed by atoms with Gasteiger partial charge in [-0.3, -0.25) is 0 Å². The Hall–Kier alpha value is -0.860. The topological polar surface area (TPSA) is 15.3 Å². The molecule has 3 rings (SSSR count). The molecule has 1 fully saturated rings. The Morgan fingerprint density at radius 1 is 1.19 bits per heavy atom. The minimum absolute atomic E-state index is 0.466. The summed E-state index contributed by atoms with van der Waals surface area (Å²) in [6.45, 7) is 7.15. The lowest BCUT2D eigenvalue weighted by atomic mass is 9.88. The van der Waals surface area contributed by atoms with Crippen LogP contribution in [0, 0.1) is 5.92 Å². The van der Waals surface area contributed by atoms with E-state index in [4.69, 9.17) is 0 Å². The molecule has 2 aliphatic rings. The number of aryl methyl sites for hydroxylation is 2. The van der Waals surface area contributed by atoms with Gasteiger partial charge < -0.3 is 10.2 Å². The molecule has 1 N–H and O–H groups in total. The molecule has 1 aliphatic heterocycles. The van der Waals surface area contributed by atoms with Gasteiger partial charge in [-0.15, -0.1) is 0 Å². The fourth-order valence-corrected chi connectivity index (χ4v) is 4.04. The van der Waals surface area contributed by atoms with Crippen molar-refractivity contribution in [3.8, 4) is 0 Å². The first-order chi connectivity index (χ1) is 10.1. The van der Waals surface area contributed by atoms with E-state index in [9.17, 15) is 0 Å². The van der Waals surface area contributed by atoms with Crippen LogP contribution < -0.4 is 5.32 Å². The number of hydrogen-bond donors (Lipinski definition) is 1. The van der Waals surface area contributed by atoms with Gasteiger partial charge in [-0.2, -0.15) is 0 Å². The van der Waals surface area contributed by atoms with E-state index in [2.05, 4.69) is 49.3 Å². The van der Waals surface area contributed by atoms with Crippen LogP contribution in [0.5, 0.6) is 0 Å². The normalized spacial score (nSPS) is 28.1. The molecule has 21 heavy (non-hydrogen) atoms. The van der Waals surface area contributed by atoms with Gasteiger partial charge in [0.1, 0.15) is 0 Å². The number of fused-ring (bicyclic) bond motifs is 1. The summed E-state index contributed by atoms with van der Waals surface area (Å²) < 4.78 is 0. The fraction of sp³-hybridized carbons (Fsp3) is 0.684. The number of piperidine rings is 1. The first-order valence-electron chi connectivity index (χ1n) is 8.70. The maximum atomic E-state index is 3.89. The summed E-state index contributed by atoms with van der Waals surface area (Å²) in [4.78, 5) is 2.45. The number of rotatable bonds is 3. The fourth-order valence-electron chi connectivity index (χ4n) is 4.04. The molecule has 0 aromatic heterocycles. The zero-order valence-electron chi connectivity index (χ0n) is 13.9. The van der Waals surface area contributed by atoms with Gasteiger partial charge in [-0.05, 0) is 75.2 Å². The monoisotopic (exact) mass is 286 g/mol. The lowest BCUT2D eigenvalue weighted by Crippen LogP contribution is -2.47. The molecule has 0 spiro atoms. The quantitative estimate of drug-likeness (QED) is 0.914. The second-order valence-corrected chi connectivity index (χ2v) is 7.26. The third-order valence-corrected chi connectivity index (χ3v) is 5.44. The Kier molecular flexibility index (Phi) is 4.66. The van der Waals surface area contributed by atoms with E-state index < -0.39 is 0 Å². The molecule has 0 radical (unpaired) electrons. The molecule has 0 amide bonds. The molecule has 1 saturated heterocycles. The Labute approximate surface area is 129 Å². The number of hydrogen-bond acceptors (Lipinski definition) is 2. The van der Waals surface area contributed by atoms with Crippen LogP contribution in [0.2, 0.25) is 0 Å². The van der Waals surface area contributed by atoms with Crippen LogP contribution in [0.1, 0.15) is 55.8 Å². The zero-order chi connectivity index (χ0) is 14.8. The second-order valence-electron chi connectivity index (χ2n) is 7.26. The highest BCUT2D eigenvalue weighted by atomic mass is 15.1. The van der Waals surface area contributed by atoms with E-state index >= 15 is 0 Å². The molecule has 2 heteroatoms. The molecular weight excluding hydrogens is 256 g/mol. The molecule has 3 atom stereocenters. The second kappa shape index (κ2) is 6.50. The average Bonchev–Trinajstić information content (AvgIpc) is 2.49. The van der Waals surface area contributed by atoms with Gasteiger partial charge in [0.15, 0.2) is 0 Å². The number of nitrogens with one attached hydrogen (secondary N) is 1. The summed E-state index contributed by atoms with van der Waals surface area (Å²) in [6.07, 6.45) is 6.56. The van der Waals surface area contributed by atoms with Gasteiger partial charge in [-0.1, -0.05) is 25.1 Å². The lowest BCUT2D eigenvalue weighted by Gasteiger charge is -2.37. The van der Waals surface area contributed by atoms with Crippen molar-refractivity contribution in [2.24, 2.45) is 5.92 Å². The van der Waals surface area contributed by atoms with Gasteiger partial charge in [0.2, 0.25) is 0 Å². The third-order valence-electron chi connectivity index (χ3n) is 5.44. The minimum Gasteiger partial charge on any atom is -0.307 e. The average molecular weight is 286 g/mol. The lowest BCUT2D eigenvalue weighted by molar-refractivity contribution is 0.168. The SMILES string of the molecule is CC(NC1CCN(C)CC1C)c1ccc2c(c1)CCCC2. The van der Waals surface area contributed by atoms with Crippen LogP contribution in [0.15, 0.2) is 18.2 Å². The summed E-state index contributed by atoms with van der Waals surface area (Å²) in [7, 11) is 2.24. The molecule has 1 aromatic rings. The summed E-state index contributed by atoms with van der Waals surface area (Å²) in [5.74, 6) is 0.740.